The first kappa shape index (κ1) is 20.3. The number of carbonyl (C=O) groups excluding carboxylic acids is 2. The molecular weight excluding hydrogens is 386 g/mol. The Morgan fingerprint density at radius 3 is 2.93 bits per heavy atom. The molecule has 1 aromatic heterocycles. The predicted octanol–water partition coefficient (Wildman–Crippen LogP) is 4.74. The fourth-order valence-electron chi connectivity index (χ4n) is 5.53. The number of nitrogens with two attached hydrogens (primary N) is 1. The summed E-state index contributed by atoms with van der Waals surface area (Å²) in [5, 5.41) is 1.72. The molecule has 0 spiro atoms. The minimum Gasteiger partial charge on any atom is -0.370 e. The zero-order valence-electron chi connectivity index (χ0n) is 17.0. The highest BCUT2D eigenvalue weighted by Crippen LogP contribution is 2.40. The average Bonchev–Trinajstić information content (AvgIpc) is 3.12. The van der Waals surface area contributed by atoms with Gasteiger partial charge in [-0.25, -0.2) is 0 Å². The number of nitrogens with zero attached hydrogens (tertiary/aromatic N) is 1. The number of aromatic nitrogens is 1. The number of fused-ring (bicyclic) bond motifs is 3. The molecule has 4 atom stereocenters. The molecule has 4 unspecified atom stereocenters. The smallest absolute Gasteiger partial charge is 0.223 e. The number of H-pyrrole nitrogens is 1. The number of likely N-dealkylation sites (tertiary alicyclic amines) is 1. The molecule has 2 aliphatic rings. The standard InChI is InChI=1S/C23H30ClN3O2/c1-14(18-13-26-20-7-3-6-19(24)23(18)20)10-22(29)27-16-5-2-4-15(11-16)12-17(27)8-9-21(25)28/h3,6-7,13-17,26H,2,4-5,8-12H2,1H3,(H2,25,28). The van der Waals surface area contributed by atoms with Crippen LogP contribution in [0.15, 0.2) is 24.4 Å². The maximum atomic E-state index is 13.4. The lowest BCUT2D eigenvalue weighted by Crippen LogP contribution is -2.54. The van der Waals surface area contributed by atoms with E-state index in [4.69, 9.17) is 17.3 Å². The second-order valence-corrected chi connectivity index (χ2v) is 9.30. The Kier molecular flexibility index (Phi) is 5.86. The lowest BCUT2D eigenvalue weighted by atomic mass is 9.75. The number of carbonyl (C=O) groups is 2. The van der Waals surface area contributed by atoms with Crippen molar-refractivity contribution in [1.82, 2.24) is 9.88 Å². The van der Waals surface area contributed by atoms with Crippen molar-refractivity contribution in [1.29, 1.82) is 0 Å². The molecule has 2 bridgehead atoms. The summed E-state index contributed by atoms with van der Waals surface area (Å²) in [5.74, 6) is 0.656. The van der Waals surface area contributed by atoms with Crippen molar-refractivity contribution in [2.24, 2.45) is 11.7 Å². The Labute approximate surface area is 177 Å². The van der Waals surface area contributed by atoms with Crippen LogP contribution in [-0.4, -0.2) is 33.8 Å². The molecule has 2 amide bonds. The molecule has 1 aliphatic carbocycles. The van der Waals surface area contributed by atoms with Crippen LogP contribution in [0.4, 0.5) is 0 Å². The number of rotatable bonds is 6. The van der Waals surface area contributed by atoms with E-state index in [2.05, 4.69) is 16.8 Å². The van der Waals surface area contributed by atoms with Crippen LogP contribution in [0.1, 0.15) is 69.8 Å². The van der Waals surface area contributed by atoms with Gasteiger partial charge < -0.3 is 15.6 Å². The van der Waals surface area contributed by atoms with Crippen LogP contribution >= 0.6 is 11.6 Å². The van der Waals surface area contributed by atoms with Gasteiger partial charge in [0.2, 0.25) is 11.8 Å². The van der Waals surface area contributed by atoms with Crippen LogP contribution in [0.3, 0.4) is 0 Å². The minimum atomic E-state index is -0.282. The fraction of sp³-hybridized carbons (Fsp3) is 0.565. The van der Waals surface area contributed by atoms with Crippen molar-refractivity contribution in [3.05, 3.63) is 35.0 Å². The summed E-state index contributed by atoms with van der Waals surface area (Å²) in [7, 11) is 0. The normalized spacial score (nSPS) is 25.2. The van der Waals surface area contributed by atoms with Gasteiger partial charge in [0.05, 0.1) is 5.02 Å². The number of aromatic amines is 1. The zero-order chi connectivity index (χ0) is 20.5. The highest BCUT2D eigenvalue weighted by Gasteiger charge is 2.40. The molecule has 5 nitrogen and oxygen atoms in total. The number of primary amides is 1. The zero-order valence-corrected chi connectivity index (χ0v) is 17.8. The molecule has 2 heterocycles. The van der Waals surface area contributed by atoms with Crippen LogP contribution in [0.5, 0.6) is 0 Å². The van der Waals surface area contributed by atoms with Gasteiger partial charge in [0.15, 0.2) is 0 Å². The fourth-order valence-corrected chi connectivity index (χ4v) is 5.81. The molecule has 4 rings (SSSR count). The summed E-state index contributed by atoms with van der Waals surface area (Å²) >= 11 is 6.44. The van der Waals surface area contributed by atoms with Crippen LogP contribution in [0.2, 0.25) is 5.02 Å². The van der Waals surface area contributed by atoms with Crippen molar-refractivity contribution in [2.75, 3.05) is 0 Å². The maximum absolute atomic E-state index is 13.4. The van der Waals surface area contributed by atoms with E-state index in [0.29, 0.717) is 36.2 Å². The van der Waals surface area contributed by atoms with Gasteiger partial charge in [-0.3, -0.25) is 9.59 Å². The van der Waals surface area contributed by atoms with E-state index >= 15 is 0 Å². The Balaban J connectivity index is 1.53. The highest BCUT2D eigenvalue weighted by atomic mass is 35.5. The summed E-state index contributed by atoms with van der Waals surface area (Å²) < 4.78 is 0. The molecule has 29 heavy (non-hydrogen) atoms. The van der Waals surface area contributed by atoms with E-state index < -0.39 is 0 Å². The molecule has 2 aromatic rings. The van der Waals surface area contributed by atoms with Gasteiger partial charge in [0, 0.05) is 42.0 Å². The van der Waals surface area contributed by atoms with Crippen LogP contribution in [0, 0.1) is 5.92 Å². The monoisotopic (exact) mass is 415 g/mol. The number of benzene rings is 1. The van der Waals surface area contributed by atoms with E-state index in [1.807, 2.05) is 24.4 Å². The van der Waals surface area contributed by atoms with E-state index in [0.717, 1.165) is 35.7 Å². The number of amides is 2. The molecule has 6 heteroatoms. The van der Waals surface area contributed by atoms with Gasteiger partial charge in [-0.2, -0.15) is 0 Å². The van der Waals surface area contributed by atoms with Gasteiger partial charge in [0.25, 0.3) is 0 Å². The Morgan fingerprint density at radius 1 is 1.31 bits per heavy atom. The molecule has 156 valence electrons. The van der Waals surface area contributed by atoms with E-state index in [9.17, 15) is 9.59 Å². The van der Waals surface area contributed by atoms with E-state index in [-0.39, 0.29) is 23.8 Å². The summed E-state index contributed by atoms with van der Waals surface area (Å²) in [6, 6.07) is 6.27. The second kappa shape index (κ2) is 8.39. The Morgan fingerprint density at radius 2 is 2.14 bits per heavy atom. The van der Waals surface area contributed by atoms with Gasteiger partial charge in [-0.05, 0) is 55.2 Å². The maximum Gasteiger partial charge on any atom is 0.223 e. The minimum absolute atomic E-state index is 0.0641. The third-order valence-corrected chi connectivity index (χ3v) is 7.17. The SMILES string of the molecule is CC(CC(=O)N1C2CCCC(C2)CC1CCC(N)=O)c1c[nH]c2cccc(Cl)c12. The summed E-state index contributed by atoms with van der Waals surface area (Å²) in [6.07, 6.45) is 9.07. The van der Waals surface area contributed by atoms with Gasteiger partial charge in [0.1, 0.15) is 0 Å². The lowest BCUT2D eigenvalue weighted by Gasteiger charge is -2.48. The molecule has 2 fully saturated rings. The Bertz CT molecular complexity index is 909. The number of hydrogen-bond donors (Lipinski definition) is 2. The van der Waals surface area contributed by atoms with E-state index in [1.54, 1.807) is 0 Å². The molecular formula is C23H30ClN3O2. The first-order valence-electron chi connectivity index (χ1n) is 10.8. The number of hydrogen-bond acceptors (Lipinski definition) is 2. The van der Waals surface area contributed by atoms with Crippen molar-refractivity contribution in [3.63, 3.8) is 0 Å². The van der Waals surface area contributed by atoms with E-state index in [1.165, 1.54) is 12.8 Å². The van der Waals surface area contributed by atoms with Crippen LogP contribution < -0.4 is 5.73 Å². The van der Waals surface area contributed by atoms with Gasteiger partial charge >= 0.3 is 0 Å². The number of piperidine rings is 1. The first-order valence-corrected chi connectivity index (χ1v) is 11.2. The molecule has 1 aromatic carbocycles. The average molecular weight is 416 g/mol. The van der Waals surface area contributed by atoms with Crippen molar-refractivity contribution < 1.29 is 9.59 Å². The predicted molar refractivity (Wildman–Crippen MR) is 116 cm³/mol. The summed E-state index contributed by atoms with van der Waals surface area (Å²) in [5.41, 5.74) is 7.49. The van der Waals surface area contributed by atoms with Crippen molar-refractivity contribution >= 4 is 34.3 Å². The van der Waals surface area contributed by atoms with Crippen LogP contribution in [0.25, 0.3) is 10.9 Å². The quantitative estimate of drug-likeness (QED) is 0.714. The molecule has 1 saturated heterocycles. The van der Waals surface area contributed by atoms with Crippen molar-refractivity contribution in [3.8, 4) is 0 Å². The summed E-state index contributed by atoms with van der Waals surface area (Å²) in [4.78, 5) is 30.2. The summed E-state index contributed by atoms with van der Waals surface area (Å²) in [6.45, 7) is 2.09. The van der Waals surface area contributed by atoms with Crippen molar-refractivity contribution in [2.45, 2.75) is 76.3 Å². The molecule has 1 saturated carbocycles. The second-order valence-electron chi connectivity index (χ2n) is 8.89. The topological polar surface area (TPSA) is 79.2 Å². The van der Waals surface area contributed by atoms with Gasteiger partial charge in [-0.1, -0.05) is 37.4 Å². The lowest BCUT2D eigenvalue weighted by molar-refractivity contribution is -0.142. The first-order chi connectivity index (χ1) is 13.9. The molecule has 0 radical (unpaired) electrons. The third kappa shape index (κ3) is 4.16. The largest absolute Gasteiger partial charge is 0.370 e. The number of halogens is 1. The third-order valence-electron chi connectivity index (χ3n) is 6.86. The Hall–Kier alpha value is -2.01. The van der Waals surface area contributed by atoms with Gasteiger partial charge in [-0.15, -0.1) is 0 Å². The number of nitrogens with one attached hydrogen (secondary N) is 1. The molecule has 1 aliphatic heterocycles. The molecule has 3 N–H and O–H groups in total. The highest BCUT2D eigenvalue weighted by molar-refractivity contribution is 6.35. The van der Waals surface area contributed by atoms with Crippen LogP contribution in [-0.2, 0) is 9.59 Å².